The molecule has 3 saturated heterocycles. The SMILES string of the molecule is O=C1OCC[C@]12NNC[C@H]2[C@H]1COC2(CCCCC2)O1. The first-order chi connectivity index (χ1) is 9.74. The standard InChI is InChI=1S/C14H22N2O4/c17-12-14(6-7-18-12)10(8-15-16-14)11-9-19-13(20-11)4-2-1-3-5-13/h10-11,15-16H,1-9H2/t10-,11+,14+/m0/s1. The van der Waals surface area contributed by atoms with Gasteiger partial charge < -0.3 is 14.2 Å². The third kappa shape index (κ3) is 1.82. The predicted molar refractivity (Wildman–Crippen MR) is 69.6 cm³/mol. The van der Waals surface area contributed by atoms with E-state index in [-0.39, 0.29) is 23.8 Å². The number of esters is 1. The lowest BCUT2D eigenvalue weighted by Gasteiger charge is -2.34. The van der Waals surface area contributed by atoms with Gasteiger partial charge in [0.05, 0.1) is 19.3 Å². The van der Waals surface area contributed by atoms with E-state index in [1.54, 1.807) is 0 Å². The highest BCUT2D eigenvalue weighted by atomic mass is 16.7. The molecule has 4 rings (SSSR count). The number of cyclic esters (lactones) is 1. The maximum atomic E-state index is 12.1. The number of carbonyl (C=O) groups is 1. The molecule has 6 heteroatoms. The number of hydrazine groups is 1. The van der Waals surface area contributed by atoms with Crippen molar-refractivity contribution >= 4 is 5.97 Å². The van der Waals surface area contributed by atoms with E-state index in [4.69, 9.17) is 14.2 Å². The number of hydrogen-bond acceptors (Lipinski definition) is 6. The van der Waals surface area contributed by atoms with Gasteiger partial charge in [-0.15, -0.1) is 0 Å². The van der Waals surface area contributed by atoms with Gasteiger partial charge in [-0.3, -0.25) is 5.43 Å². The van der Waals surface area contributed by atoms with Gasteiger partial charge in [0, 0.05) is 31.7 Å². The Labute approximate surface area is 118 Å². The average molecular weight is 282 g/mol. The second kappa shape index (κ2) is 4.66. The lowest BCUT2D eigenvalue weighted by molar-refractivity contribution is -0.193. The molecule has 0 amide bonds. The van der Waals surface area contributed by atoms with Gasteiger partial charge in [0.1, 0.15) is 5.54 Å². The number of hydrogen-bond donors (Lipinski definition) is 2. The maximum Gasteiger partial charge on any atom is 0.328 e. The fraction of sp³-hybridized carbons (Fsp3) is 0.929. The third-order valence-electron chi connectivity index (χ3n) is 5.30. The monoisotopic (exact) mass is 282 g/mol. The van der Waals surface area contributed by atoms with E-state index in [2.05, 4.69) is 10.9 Å². The molecule has 20 heavy (non-hydrogen) atoms. The lowest BCUT2D eigenvalue weighted by Crippen LogP contribution is -2.54. The Morgan fingerprint density at radius 3 is 2.75 bits per heavy atom. The van der Waals surface area contributed by atoms with Crippen molar-refractivity contribution in [1.29, 1.82) is 0 Å². The first-order valence-electron chi connectivity index (χ1n) is 7.73. The molecule has 112 valence electrons. The minimum atomic E-state index is -0.617. The number of carbonyl (C=O) groups excluding carboxylic acids is 1. The Morgan fingerprint density at radius 1 is 1.15 bits per heavy atom. The molecule has 0 aromatic carbocycles. The van der Waals surface area contributed by atoms with Gasteiger partial charge >= 0.3 is 5.97 Å². The first-order valence-corrected chi connectivity index (χ1v) is 7.73. The van der Waals surface area contributed by atoms with Crippen LogP contribution in [0, 0.1) is 5.92 Å². The van der Waals surface area contributed by atoms with Crippen molar-refractivity contribution in [3.63, 3.8) is 0 Å². The number of ether oxygens (including phenoxy) is 3. The molecular formula is C14H22N2O4. The summed E-state index contributed by atoms with van der Waals surface area (Å²) >= 11 is 0. The van der Waals surface area contributed by atoms with Gasteiger partial charge in [-0.1, -0.05) is 6.42 Å². The highest BCUT2D eigenvalue weighted by Crippen LogP contribution is 2.43. The molecule has 0 aromatic heterocycles. The quantitative estimate of drug-likeness (QED) is 0.682. The maximum absolute atomic E-state index is 12.1. The normalized spacial score (nSPS) is 43.5. The number of nitrogens with one attached hydrogen (secondary N) is 2. The van der Waals surface area contributed by atoms with Crippen molar-refractivity contribution in [3.05, 3.63) is 0 Å². The van der Waals surface area contributed by atoms with Crippen LogP contribution in [-0.4, -0.2) is 43.2 Å². The van der Waals surface area contributed by atoms with E-state index >= 15 is 0 Å². The molecule has 6 nitrogen and oxygen atoms in total. The van der Waals surface area contributed by atoms with Crippen molar-refractivity contribution in [2.24, 2.45) is 5.92 Å². The van der Waals surface area contributed by atoms with E-state index in [0.29, 0.717) is 19.6 Å². The van der Waals surface area contributed by atoms with Crippen LogP contribution in [0.5, 0.6) is 0 Å². The van der Waals surface area contributed by atoms with Crippen LogP contribution in [0.4, 0.5) is 0 Å². The fourth-order valence-electron chi connectivity index (χ4n) is 4.15. The molecule has 0 radical (unpaired) electrons. The third-order valence-corrected chi connectivity index (χ3v) is 5.30. The zero-order valence-corrected chi connectivity index (χ0v) is 11.7. The van der Waals surface area contributed by atoms with Crippen molar-refractivity contribution in [2.45, 2.75) is 56.0 Å². The van der Waals surface area contributed by atoms with Crippen molar-refractivity contribution in [1.82, 2.24) is 10.9 Å². The largest absolute Gasteiger partial charge is 0.464 e. The summed E-state index contributed by atoms with van der Waals surface area (Å²) in [6, 6.07) is 0. The van der Waals surface area contributed by atoms with E-state index < -0.39 is 5.54 Å². The smallest absolute Gasteiger partial charge is 0.328 e. The summed E-state index contributed by atoms with van der Waals surface area (Å²) in [5.41, 5.74) is 5.64. The first kappa shape index (κ1) is 13.0. The van der Waals surface area contributed by atoms with E-state index in [1.165, 1.54) is 19.3 Å². The number of rotatable bonds is 1. The molecule has 0 aromatic rings. The molecule has 3 aliphatic heterocycles. The molecule has 0 unspecified atom stereocenters. The van der Waals surface area contributed by atoms with Crippen LogP contribution in [0.15, 0.2) is 0 Å². The Hall–Kier alpha value is -0.690. The molecule has 1 saturated carbocycles. The fourth-order valence-corrected chi connectivity index (χ4v) is 4.15. The summed E-state index contributed by atoms with van der Waals surface area (Å²) in [5.74, 6) is -0.450. The topological polar surface area (TPSA) is 68.8 Å². The van der Waals surface area contributed by atoms with Crippen LogP contribution in [-0.2, 0) is 19.0 Å². The molecule has 0 bridgehead atoms. The average Bonchev–Trinajstić information content (AvgIpc) is 3.14. The zero-order chi connectivity index (χ0) is 13.6. The van der Waals surface area contributed by atoms with Crippen LogP contribution >= 0.6 is 0 Å². The van der Waals surface area contributed by atoms with Crippen LogP contribution in [0.1, 0.15) is 38.5 Å². The second-order valence-corrected chi connectivity index (χ2v) is 6.41. The molecule has 2 N–H and O–H groups in total. The second-order valence-electron chi connectivity index (χ2n) is 6.41. The van der Waals surface area contributed by atoms with Gasteiger partial charge in [-0.2, -0.15) is 0 Å². The summed E-state index contributed by atoms with van der Waals surface area (Å²) < 4.78 is 17.5. The molecule has 4 fully saturated rings. The Balaban J connectivity index is 1.52. The Morgan fingerprint density at radius 2 is 2.00 bits per heavy atom. The van der Waals surface area contributed by atoms with Gasteiger partial charge in [0.25, 0.3) is 0 Å². The highest BCUT2D eigenvalue weighted by molar-refractivity contribution is 5.83. The van der Waals surface area contributed by atoms with Crippen LogP contribution in [0.2, 0.25) is 0 Å². The molecule has 4 aliphatic rings. The molecule has 3 atom stereocenters. The van der Waals surface area contributed by atoms with Crippen LogP contribution < -0.4 is 10.9 Å². The van der Waals surface area contributed by atoms with Crippen LogP contribution in [0.25, 0.3) is 0 Å². The van der Waals surface area contributed by atoms with Crippen molar-refractivity contribution < 1.29 is 19.0 Å². The Kier molecular flexibility index (Phi) is 3.03. The van der Waals surface area contributed by atoms with E-state index in [9.17, 15) is 4.79 Å². The van der Waals surface area contributed by atoms with Gasteiger partial charge in [-0.05, 0) is 12.8 Å². The minimum Gasteiger partial charge on any atom is -0.464 e. The van der Waals surface area contributed by atoms with Gasteiger partial charge in [0.15, 0.2) is 5.79 Å². The summed E-state index contributed by atoms with van der Waals surface area (Å²) in [6.07, 6.45) is 6.24. The van der Waals surface area contributed by atoms with Gasteiger partial charge in [0.2, 0.25) is 0 Å². The molecular weight excluding hydrogens is 260 g/mol. The van der Waals surface area contributed by atoms with E-state index in [1.807, 2.05) is 0 Å². The zero-order valence-electron chi connectivity index (χ0n) is 11.7. The van der Waals surface area contributed by atoms with Crippen LogP contribution in [0.3, 0.4) is 0 Å². The molecule has 2 spiro atoms. The predicted octanol–water partition coefficient (Wildman–Crippen LogP) is 0.472. The van der Waals surface area contributed by atoms with Gasteiger partial charge in [-0.25, -0.2) is 10.2 Å². The van der Waals surface area contributed by atoms with Crippen molar-refractivity contribution in [2.75, 3.05) is 19.8 Å². The lowest BCUT2D eigenvalue weighted by atomic mass is 9.81. The van der Waals surface area contributed by atoms with E-state index in [0.717, 1.165) is 19.4 Å². The Bertz CT molecular complexity index is 406. The summed E-state index contributed by atoms with van der Waals surface area (Å²) in [5, 5.41) is 0. The highest BCUT2D eigenvalue weighted by Gasteiger charge is 2.59. The minimum absolute atomic E-state index is 0.0266. The summed E-state index contributed by atoms with van der Waals surface area (Å²) in [6.45, 7) is 1.80. The summed E-state index contributed by atoms with van der Waals surface area (Å²) in [4.78, 5) is 12.1. The summed E-state index contributed by atoms with van der Waals surface area (Å²) in [7, 11) is 0. The van der Waals surface area contributed by atoms with Crippen molar-refractivity contribution in [3.8, 4) is 0 Å². The molecule has 3 heterocycles. The molecule has 1 aliphatic carbocycles.